The Morgan fingerprint density at radius 3 is 3.05 bits per heavy atom. The van der Waals surface area contributed by atoms with E-state index in [2.05, 4.69) is 22.0 Å². The van der Waals surface area contributed by atoms with Crippen molar-refractivity contribution in [2.45, 2.75) is 25.0 Å². The van der Waals surface area contributed by atoms with Gasteiger partial charge in [-0.05, 0) is 25.4 Å². The van der Waals surface area contributed by atoms with E-state index in [1.165, 1.54) is 0 Å². The van der Waals surface area contributed by atoms with Crippen LogP contribution in [0.25, 0.3) is 0 Å². The van der Waals surface area contributed by atoms with E-state index in [1.54, 1.807) is 4.57 Å². The van der Waals surface area contributed by atoms with Gasteiger partial charge in [-0.2, -0.15) is 0 Å². The van der Waals surface area contributed by atoms with Crippen LogP contribution in [0.3, 0.4) is 0 Å². The Bertz CT molecular complexity index is 498. The maximum Gasteiger partial charge on any atom is 0.343 e. The number of H-pyrrole nitrogens is 1. The third-order valence-corrected chi connectivity index (χ3v) is 4.27. The molecule has 1 fully saturated rings. The molecule has 1 atom stereocenters. The number of aliphatic carboxylic acids is 1. The molecule has 0 amide bonds. The van der Waals surface area contributed by atoms with Crippen LogP contribution in [0.2, 0.25) is 0 Å². The van der Waals surface area contributed by atoms with Crippen molar-refractivity contribution in [1.29, 1.82) is 0 Å². The zero-order chi connectivity index (χ0) is 13.8. The summed E-state index contributed by atoms with van der Waals surface area (Å²) in [6.07, 6.45) is 1.06. The average molecular weight is 286 g/mol. The Kier molecular flexibility index (Phi) is 4.65. The fourth-order valence-electron chi connectivity index (χ4n) is 2.31. The quantitative estimate of drug-likeness (QED) is 0.720. The minimum Gasteiger partial charge on any atom is -0.481 e. The van der Waals surface area contributed by atoms with Crippen molar-refractivity contribution in [3.8, 4) is 0 Å². The van der Waals surface area contributed by atoms with Crippen molar-refractivity contribution in [3.05, 3.63) is 10.5 Å². The van der Waals surface area contributed by atoms with E-state index in [9.17, 15) is 9.59 Å². The summed E-state index contributed by atoms with van der Waals surface area (Å²) in [6, 6.07) is 0. The van der Waals surface area contributed by atoms with Gasteiger partial charge in [-0.15, -0.1) is 5.10 Å². The molecule has 106 valence electrons. The Balaban J connectivity index is 2.01. The number of carboxylic acids is 1. The zero-order valence-corrected chi connectivity index (χ0v) is 11.7. The lowest BCUT2D eigenvalue weighted by Gasteiger charge is -2.13. The van der Waals surface area contributed by atoms with E-state index >= 15 is 0 Å². The molecule has 1 saturated heterocycles. The zero-order valence-electron chi connectivity index (χ0n) is 10.8. The minimum atomic E-state index is -0.912. The van der Waals surface area contributed by atoms with Crippen LogP contribution in [0.1, 0.15) is 13.3 Å². The molecule has 8 heteroatoms. The molecule has 0 spiro atoms. The van der Waals surface area contributed by atoms with Gasteiger partial charge in [-0.25, -0.2) is 9.89 Å². The van der Waals surface area contributed by atoms with Crippen LogP contribution in [-0.2, 0) is 11.3 Å². The van der Waals surface area contributed by atoms with E-state index in [0.29, 0.717) is 17.6 Å². The van der Waals surface area contributed by atoms with Crippen LogP contribution >= 0.6 is 11.8 Å². The first-order chi connectivity index (χ1) is 9.10. The molecule has 1 aliphatic rings. The monoisotopic (exact) mass is 286 g/mol. The number of nitrogens with zero attached hydrogens (tertiary/aromatic N) is 3. The molecule has 2 rings (SSSR count). The molecule has 19 heavy (non-hydrogen) atoms. The van der Waals surface area contributed by atoms with Gasteiger partial charge in [-0.1, -0.05) is 18.7 Å². The van der Waals surface area contributed by atoms with Gasteiger partial charge in [0.1, 0.15) is 0 Å². The van der Waals surface area contributed by atoms with Crippen molar-refractivity contribution < 1.29 is 9.90 Å². The van der Waals surface area contributed by atoms with Crippen molar-refractivity contribution in [1.82, 2.24) is 19.7 Å². The number of carboxylic acid groups (broad SMARTS) is 1. The Hall–Kier alpha value is -1.28. The number of rotatable bonds is 6. The maximum absolute atomic E-state index is 11.7. The van der Waals surface area contributed by atoms with E-state index in [-0.39, 0.29) is 11.4 Å². The van der Waals surface area contributed by atoms with E-state index < -0.39 is 5.97 Å². The van der Waals surface area contributed by atoms with Crippen LogP contribution in [0.5, 0.6) is 0 Å². The largest absolute Gasteiger partial charge is 0.481 e. The molecular weight excluding hydrogens is 268 g/mol. The summed E-state index contributed by atoms with van der Waals surface area (Å²) in [5.41, 5.74) is -0.261. The van der Waals surface area contributed by atoms with Crippen LogP contribution in [0, 0.1) is 5.92 Å². The predicted molar refractivity (Wildman–Crippen MR) is 71.4 cm³/mol. The molecule has 1 aromatic heterocycles. The van der Waals surface area contributed by atoms with Crippen LogP contribution < -0.4 is 5.69 Å². The first kappa shape index (κ1) is 14.1. The van der Waals surface area contributed by atoms with Crippen molar-refractivity contribution in [2.24, 2.45) is 5.92 Å². The highest BCUT2D eigenvalue weighted by Gasteiger charge is 2.23. The lowest BCUT2D eigenvalue weighted by Crippen LogP contribution is -2.25. The highest BCUT2D eigenvalue weighted by Crippen LogP contribution is 2.20. The van der Waals surface area contributed by atoms with Crippen LogP contribution in [-0.4, -0.2) is 56.1 Å². The number of aromatic amines is 1. The van der Waals surface area contributed by atoms with E-state index in [1.807, 2.05) is 0 Å². The molecule has 0 aromatic carbocycles. The second-order valence-electron chi connectivity index (χ2n) is 4.65. The van der Waals surface area contributed by atoms with E-state index in [4.69, 9.17) is 5.11 Å². The van der Waals surface area contributed by atoms with Gasteiger partial charge < -0.3 is 10.0 Å². The summed E-state index contributed by atoms with van der Waals surface area (Å²) < 4.78 is 1.55. The molecule has 2 heterocycles. The number of aromatic nitrogens is 3. The maximum atomic E-state index is 11.7. The molecule has 0 bridgehead atoms. The summed E-state index contributed by atoms with van der Waals surface area (Å²) in [4.78, 5) is 24.6. The second-order valence-corrected chi connectivity index (χ2v) is 5.59. The highest BCUT2D eigenvalue weighted by molar-refractivity contribution is 7.99. The van der Waals surface area contributed by atoms with Crippen LogP contribution in [0.4, 0.5) is 0 Å². The SMILES string of the molecule is CCN1CCC(Cn2c(SCC(=O)O)n[nH]c2=O)C1. The molecule has 0 aliphatic carbocycles. The molecule has 0 saturated carbocycles. The van der Waals surface area contributed by atoms with Gasteiger partial charge in [0.2, 0.25) is 0 Å². The standard InChI is InChI=1S/C11H18N4O3S/c1-2-14-4-3-8(5-14)6-15-10(18)12-13-11(15)19-7-9(16)17/h8H,2-7H2,1H3,(H,12,18)(H,16,17). The van der Waals surface area contributed by atoms with Gasteiger partial charge in [0.15, 0.2) is 5.16 Å². The number of carbonyl (C=O) groups is 1. The molecule has 1 aromatic rings. The Labute approximate surface area is 115 Å². The summed E-state index contributed by atoms with van der Waals surface area (Å²) in [5.74, 6) is -0.569. The lowest BCUT2D eigenvalue weighted by atomic mass is 10.1. The third-order valence-electron chi connectivity index (χ3n) is 3.31. The Morgan fingerprint density at radius 2 is 2.42 bits per heavy atom. The number of hydrogen-bond acceptors (Lipinski definition) is 5. The van der Waals surface area contributed by atoms with Crippen LogP contribution in [0.15, 0.2) is 9.95 Å². The number of thioether (sulfide) groups is 1. The molecule has 0 radical (unpaired) electrons. The number of likely N-dealkylation sites (tertiary alicyclic amines) is 1. The van der Waals surface area contributed by atoms with Gasteiger partial charge in [0.05, 0.1) is 5.75 Å². The predicted octanol–water partition coefficient (Wildman–Crippen LogP) is 0.0899. The summed E-state index contributed by atoms with van der Waals surface area (Å²) in [7, 11) is 0. The topological polar surface area (TPSA) is 91.2 Å². The lowest BCUT2D eigenvalue weighted by molar-refractivity contribution is -0.133. The summed E-state index contributed by atoms with van der Waals surface area (Å²) >= 11 is 1.07. The normalized spacial score (nSPS) is 19.9. The van der Waals surface area contributed by atoms with Gasteiger partial charge in [0, 0.05) is 13.1 Å². The summed E-state index contributed by atoms with van der Waals surface area (Å²) in [5, 5.41) is 15.4. The fraction of sp³-hybridized carbons (Fsp3) is 0.727. The van der Waals surface area contributed by atoms with E-state index in [0.717, 1.165) is 37.8 Å². The van der Waals surface area contributed by atoms with Gasteiger partial charge in [-0.3, -0.25) is 9.36 Å². The van der Waals surface area contributed by atoms with Crippen molar-refractivity contribution >= 4 is 17.7 Å². The van der Waals surface area contributed by atoms with Crippen molar-refractivity contribution in [2.75, 3.05) is 25.4 Å². The minimum absolute atomic E-state index is 0.0873. The molecule has 7 nitrogen and oxygen atoms in total. The van der Waals surface area contributed by atoms with Gasteiger partial charge in [0.25, 0.3) is 0 Å². The molecule has 1 unspecified atom stereocenters. The number of hydrogen-bond donors (Lipinski definition) is 2. The van der Waals surface area contributed by atoms with Crippen molar-refractivity contribution in [3.63, 3.8) is 0 Å². The third kappa shape index (κ3) is 3.60. The average Bonchev–Trinajstić information content (AvgIpc) is 2.96. The van der Waals surface area contributed by atoms with Gasteiger partial charge >= 0.3 is 11.7 Å². The highest BCUT2D eigenvalue weighted by atomic mass is 32.2. The fourth-order valence-corrected chi connectivity index (χ4v) is 2.98. The smallest absolute Gasteiger partial charge is 0.343 e. The second kappa shape index (κ2) is 6.25. The Morgan fingerprint density at radius 1 is 1.63 bits per heavy atom. The summed E-state index contributed by atoms with van der Waals surface area (Å²) in [6.45, 7) is 5.80. The molecule has 2 N–H and O–H groups in total. The molecule has 1 aliphatic heterocycles. The molecular formula is C11H18N4O3S. The number of nitrogens with one attached hydrogen (secondary N) is 1. The first-order valence-electron chi connectivity index (χ1n) is 6.32. The first-order valence-corrected chi connectivity index (χ1v) is 7.30.